The van der Waals surface area contributed by atoms with Crippen molar-refractivity contribution in [2.75, 3.05) is 205 Å². The summed E-state index contributed by atoms with van der Waals surface area (Å²) in [6.45, 7) is 13.7. The molecule has 0 aliphatic carbocycles. The first-order valence-electron chi connectivity index (χ1n) is 22.0. The Morgan fingerprint density at radius 2 is 0.432 bits per heavy atom. The molecule has 0 unspecified atom stereocenters. The Bertz CT molecular complexity index is 1310. The van der Waals surface area contributed by atoms with Crippen LogP contribution in [0.5, 0.6) is 0 Å². The smallest absolute Gasteiger partial charge is 0.469 e. The predicted molar refractivity (Wildman–Crippen MR) is 398 cm³/mol. The molecule has 0 saturated heterocycles. The molecule has 558 valence electrons. The molecule has 0 saturated carbocycles. The van der Waals surface area contributed by atoms with Gasteiger partial charge in [0.1, 0.15) is 0 Å². The van der Waals surface area contributed by atoms with Gasteiger partial charge in [0.25, 0.3) is 0 Å². The maximum absolute atomic E-state index is 10.7. The second kappa shape index (κ2) is 131. The maximum Gasteiger partial charge on any atom is 0.507 e. The van der Waals surface area contributed by atoms with E-state index in [0.29, 0.717) is 0 Å². The SMILES string of the molecule is C.C.C.C.C.C.C.C.C.C.C.C.C.CC(=O)N(C)C.CC(=O)N(C)C.CN(C)C.CN(C)C(=O)N(C)C.CN(C)C(=S)N(C)C.CN=C(C)C.CN=C(C)C.COC.COC(=O)N(C)C.COC(=O)N(C)C.COC(=O)OC.COC(C)=O.COC(C)=O. The average molecular weight is 1320 g/mol. The zero-order chi connectivity index (χ0) is 63.9. The first-order chi connectivity index (χ1) is 33.8. The van der Waals surface area contributed by atoms with Crippen LogP contribution in [0.3, 0.4) is 0 Å². The largest absolute Gasteiger partial charge is 0.507 e. The molecule has 0 N–H and O–H groups in total. The van der Waals surface area contributed by atoms with E-state index in [1.807, 2.05) is 91.7 Å². The van der Waals surface area contributed by atoms with Crippen LogP contribution < -0.4 is 0 Å². The molecule has 0 bridgehead atoms. The van der Waals surface area contributed by atoms with Crippen molar-refractivity contribution < 1.29 is 71.5 Å². The Balaban J connectivity index is -0.0000000196. The van der Waals surface area contributed by atoms with Gasteiger partial charge in [-0.3, -0.25) is 29.2 Å². The fraction of sp³-hybridized carbons (Fsp3) is 0.820. The van der Waals surface area contributed by atoms with Crippen molar-refractivity contribution in [1.82, 2.24) is 44.1 Å². The van der Waals surface area contributed by atoms with E-state index in [4.69, 9.17) is 12.2 Å². The highest BCUT2D eigenvalue weighted by Crippen LogP contribution is 1.85. The molecule has 0 aliphatic rings. The molecule has 26 nitrogen and oxygen atoms in total. The zero-order valence-electron chi connectivity index (χ0n) is 54.0. The monoisotopic (exact) mass is 1320 g/mol. The molecule has 0 aromatic carbocycles. The van der Waals surface area contributed by atoms with Gasteiger partial charge in [-0.15, -0.1) is 0 Å². The van der Waals surface area contributed by atoms with Crippen molar-refractivity contribution in [3.05, 3.63) is 0 Å². The van der Waals surface area contributed by atoms with Gasteiger partial charge < -0.3 is 77.3 Å². The Morgan fingerprint density at radius 1 is 0.295 bits per heavy atom. The minimum absolute atomic E-state index is 0. The fourth-order valence-electron chi connectivity index (χ4n) is 1.25. The Labute approximate surface area is 557 Å². The summed E-state index contributed by atoms with van der Waals surface area (Å²) in [5.41, 5.74) is 2.26. The quantitative estimate of drug-likeness (QED) is 0.0945. The average Bonchev–Trinajstić information content (AvgIpc) is 3.31. The van der Waals surface area contributed by atoms with E-state index in [1.54, 1.807) is 113 Å². The number of hydrogen-bond donors (Lipinski definition) is 0. The standard InChI is InChI=1S/C5H12N2O.C5H12N2S.2C4H9NO2.2C4H9NO.2C4H9N.C3H9N.C3H6O3.2C3H6O2.C2H6O.13CH4/c2*1-6(2)5(8)7(3)4;2*1-5(2)4(6)7-3;2*1-4(6)5(2)3;2*1-4(2)5-3;1-4(2)3;1-5-3(4)6-2;2*1-3(4)5-2;1-3-2;;;;;;;;;;;;;/h2*1-4H3;2*1-3H3;2*1-3H3;2*1-3H3;1-3H3;1-2H3;2*1-2H3;1-2H3;13*1H4. The Hall–Kier alpha value is -6.09. The molecule has 6 amide bonds. The second-order valence-corrected chi connectivity index (χ2v) is 16.2. The lowest BCUT2D eigenvalue weighted by Crippen LogP contribution is -2.33. The molecule has 0 aromatic heterocycles. The molecule has 88 heavy (non-hydrogen) atoms. The number of hydrogen-bond acceptors (Lipinski definition) is 19. The molecule has 0 heterocycles. The molecular weight excluding hydrogens is 1160 g/mol. The minimum Gasteiger partial charge on any atom is -0.469 e. The van der Waals surface area contributed by atoms with E-state index < -0.39 is 6.16 Å². The molecule has 27 heteroatoms. The third-order valence-electron chi connectivity index (χ3n) is 5.67. The Kier molecular flexibility index (Phi) is 254. The van der Waals surface area contributed by atoms with Crippen LogP contribution in [0.2, 0.25) is 0 Å². The lowest BCUT2D eigenvalue weighted by molar-refractivity contribution is -0.138. The fourth-order valence-corrected chi connectivity index (χ4v) is 1.25. The summed E-state index contributed by atoms with van der Waals surface area (Å²) >= 11 is 4.95. The molecule has 0 aromatic rings. The number of carbonyl (C=O) groups is 8. The minimum atomic E-state index is -0.657. The molecule has 0 spiro atoms. The second-order valence-electron chi connectivity index (χ2n) is 15.8. The van der Waals surface area contributed by atoms with Crippen molar-refractivity contribution >= 4 is 76.9 Å². The number of aliphatic imine (C=N–C) groups is 2. The van der Waals surface area contributed by atoms with E-state index in [9.17, 15) is 38.4 Å². The molecule has 0 atom stereocenters. The van der Waals surface area contributed by atoms with Gasteiger partial charge in [-0.2, -0.15) is 0 Å². The summed E-state index contributed by atoms with van der Waals surface area (Å²) in [7, 11) is 48.8. The summed E-state index contributed by atoms with van der Waals surface area (Å²) in [4.78, 5) is 102. The van der Waals surface area contributed by atoms with E-state index in [0.717, 1.165) is 16.5 Å². The van der Waals surface area contributed by atoms with Crippen LogP contribution in [-0.2, 0) is 52.3 Å². The van der Waals surface area contributed by atoms with E-state index in [2.05, 4.69) is 43.1 Å². The van der Waals surface area contributed by atoms with Gasteiger partial charge in [-0.05, 0) is 61.1 Å². The number of thiocarbonyl (C=S) groups is 1. The third-order valence-corrected chi connectivity index (χ3v) is 6.40. The van der Waals surface area contributed by atoms with Gasteiger partial charge in [0, 0.05) is 180 Å². The van der Waals surface area contributed by atoms with Crippen molar-refractivity contribution in [3.8, 4) is 0 Å². The number of amides is 6. The molecular formula is C61H163N11O15S. The number of nitrogens with zero attached hydrogens (tertiary/aromatic N) is 11. The van der Waals surface area contributed by atoms with Gasteiger partial charge in [0.2, 0.25) is 11.8 Å². The van der Waals surface area contributed by atoms with Crippen molar-refractivity contribution in [1.29, 1.82) is 0 Å². The van der Waals surface area contributed by atoms with Crippen LogP contribution in [0.4, 0.5) is 19.2 Å². The highest BCUT2D eigenvalue weighted by molar-refractivity contribution is 7.80. The van der Waals surface area contributed by atoms with Crippen molar-refractivity contribution in [2.24, 2.45) is 9.98 Å². The maximum atomic E-state index is 10.7. The summed E-state index contributed by atoms with van der Waals surface area (Å²) in [6.07, 6.45) is -1.30. The zero-order valence-corrected chi connectivity index (χ0v) is 54.8. The first kappa shape index (κ1) is 172. The van der Waals surface area contributed by atoms with Gasteiger partial charge in [-0.25, -0.2) is 19.2 Å². The number of rotatable bonds is 0. The molecule has 0 rings (SSSR count). The topological polar surface area (TPSA) is 255 Å². The van der Waals surface area contributed by atoms with Gasteiger partial charge in [0.15, 0.2) is 5.11 Å². The van der Waals surface area contributed by atoms with Crippen LogP contribution in [0.1, 0.15) is 152 Å². The van der Waals surface area contributed by atoms with Gasteiger partial charge >= 0.3 is 36.3 Å². The normalized spacial score (nSPS) is 6.52. The highest BCUT2D eigenvalue weighted by Gasteiger charge is 2.03. The molecule has 0 radical (unpaired) electrons. The van der Waals surface area contributed by atoms with Crippen LogP contribution >= 0.6 is 12.2 Å². The number of carbonyl (C=O) groups excluding carboxylic acids is 8. The lowest BCUT2D eigenvalue weighted by Gasteiger charge is -2.20. The van der Waals surface area contributed by atoms with E-state index >= 15 is 0 Å². The van der Waals surface area contributed by atoms with Crippen LogP contribution in [-0.4, -0.2) is 314 Å². The van der Waals surface area contributed by atoms with Gasteiger partial charge in [-0.1, -0.05) is 96.5 Å². The lowest BCUT2D eigenvalue weighted by atomic mass is 10.5. The summed E-state index contributed by atoms with van der Waals surface area (Å²) in [5.74, 6) is -0.306. The summed E-state index contributed by atoms with van der Waals surface area (Å²) < 4.78 is 29.1. The molecule has 0 fully saturated rings. The number of ether oxygens (including phenoxy) is 7. The predicted octanol–water partition coefficient (Wildman–Crippen LogP) is 13.1. The summed E-state index contributed by atoms with van der Waals surface area (Å²) in [6, 6.07) is 0.0185. The third kappa shape index (κ3) is 283. The Morgan fingerprint density at radius 3 is 0.432 bits per heavy atom. The highest BCUT2D eigenvalue weighted by atomic mass is 32.1. The first-order valence-corrected chi connectivity index (χ1v) is 22.4. The van der Waals surface area contributed by atoms with Crippen LogP contribution in [0.15, 0.2) is 9.98 Å². The number of urea groups is 1. The van der Waals surface area contributed by atoms with E-state index in [1.165, 1.54) is 99.8 Å². The van der Waals surface area contributed by atoms with Crippen LogP contribution in [0.25, 0.3) is 0 Å². The van der Waals surface area contributed by atoms with E-state index in [-0.39, 0.29) is 139 Å². The summed E-state index contributed by atoms with van der Waals surface area (Å²) in [5, 5.41) is 0.852. The van der Waals surface area contributed by atoms with Crippen molar-refractivity contribution in [2.45, 2.75) is 152 Å². The van der Waals surface area contributed by atoms with Crippen molar-refractivity contribution in [3.63, 3.8) is 0 Å². The number of esters is 2. The van der Waals surface area contributed by atoms with Crippen LogP contribution in [0, 0.1) is 0 Å². The molecule has 0 aliphatic heterocycles. The number of methoxy groups -OCH3 is 7. The van der Waals surface area contributed by atoms with Gasteiger partial charge in [0.05, 0.1) is 42.7 Å².